The Bertz CT molecular complexity index is 415. The van der Waals surface area contributed by atoms with Crippen molar-refractivity contribution >= 4 is 6.03 Å². The first-order valence-electron chi connectivity index (χ1n) is 6.83. The summed E-state index contributed by atoms with van der Waals surface area (Å²) in [4.78, 5) is 11.8. The number of rotatable bonds is 5. The monoisotopic (exact) mass is 262 g/mol. The molecule has 0 bridgehead atoms. The van der Waals surface area contributed by atoms with Gasteiger partial charge in [0.2, 0.25) is 0 Å². The lowest BCUT2D eigenvalue weighted by atomic mass is 9.70. The van der Waals surface area contributed by atoms with Gasteiger partial charge in [0, 0.05) is 6.54 Å². The molecule has 1 fully saturated rings. The molecule has 1 aliphatic rings. The van der Waals surface area contributed by atoms with Crippen LogP contribution in [0.2, 0.25) is 0 Å². The maximum Gasteiger partial charge on any atom is 0.315 e. The van der Waals surface area contributed by atoms with Gasteiger partial charge in [0.1, 0.15) is 0 Å². The predicted octanol–water partition coefficient (Wildman–Crippen LogP) is 2.21. The van der Waals surface area contributed by atoms with Gasteiger partial charge in [-0.25, -0.2) is 4.79 Å². The highest BCUT2D eigenvalue weighted by molar-refractivity contribution is 5.74. The van der Waals surface area contributed by atoms with E-state index >= 15 is 0 Å². The molecule has 0 aromatic heterocycles. The molecule has 0 spiro atoms. The van der Waals surface area contributed by atoms with Crippen LogP contribution in [-0.4, -0.2) is 24.3 Å². The molecular formula is C15H22N2O2. The van der Waals surface area contributed by atoms with E-state index in [9.17, 15) is 9.90 Å². The fraction of sp³-hybridized carbons (Fsp3) is 0.533. The van der Waals surface area contributed by atoms with Crippen molar-refractivity contribution in [2.75, 3.05) is 13.2 Å². The minimum atomic E-state index is -0.351. The van der Waals surface area contributed by atoms with Crippen molar-refractivity contribution in [3.8, 4) is 0 Å². The quantitative estimate of drug-likeness (QED) is 0.762. The summed E-state index contributed by atoms with van der Waals surface area (Å²) in [7, 11) is 0. The van der Waals surface area contributed by atoms with Crippen LogP contribution in [0.15, 0.2) is 30.3 Å². The Labute approximate surface area is 114 Å². The molecule has 1 unspecified atom stereocenters. The molecule has 2 amide bonds. The highest BCUT2D eigenvalue weighted by Gasteiger charge is 2.31. The summed E-state index contributed by atoms with van der Waals surface area (Å²) in [6.07, 6.45) is 3.61. The summed E-state index contributed by atoms with van der Waals surface area (Å²) in [5, 5.41) is 15.1. The van der Waals surface area contributed by atoms with Crippen molar-refractivity contribution in [2.45, 2.75) is 32.2 Å². The lowest BCUT2D eigenvalue weighted by molar-refractivity contribution is 0.155. The molecule has 4 nitrogen and oxygen atoms in total. The fourth-order valence-corrected chi connectivity index (χ4v) is 2.38. The number of aliphatic hydroxyl groups excluding tert-OH is 1. The van der Waals surface area contributed by atoms with Gasteiger partial charge in [-0.1, -0.05) is 43.7 Å². The number of urea groups is 1. The van der Waals surface area contributed by atoms with Crippen LogP contribution in [0.1, 0.15) is 37.8 Å². The van der Waals surface area contributed by atoms with Crippen LogP contribution < -0.4 is 10.6 Å². The second kappa shape index (κ2) is 6.06. The molecule has 1 aliphatic carbocycles. The topological polar surface area (TPSA) is 61.4 Å². The Kier molecular flexibility index (Phi) is 4.43. The summed E-state index contributed by atoms with van der Waals surface area (Å²) in [6.45, 7) is 2.79. The van der Waals surface area contributed by atoms with E-state index in [1.54, 1.807) is 0 Å². The Morgan fingerprint density at radius 3 is 2.58 bits per heavy atom. The van der Waals surface area contributed by atoms with Crippen molar-refractivity contribution in [2.24, 2.45) is 5.41 Å². The van der Waals surface area contributed by atoms with Crippen LogP contribution >= 0.6 is 0 Å². The third-order valence-corrected chi connectivity index (χ3v) is 3.93. The van der Waals surface area contributed by atoms with Crippen LogP contribution in [-0.2, 0) is 0 Å². The average Bonchev–Trinajstić information content (AvgIpc) is 2.41. The van der Waals surface area contributed by atoms with Gasteiger partial charge in [-0.15, -0.1) is 0 Å². The lowest BCUT2D eigenvalue weighted by Gasteiger charge is -2.38. The maximum absolute atomic E-state index is 11.8. The van der Waals surface area contributed by atoms with Crippen LogP contribution in [0.25, 0.3) is 0 Å². The molecule has 4 heteroatoms. The first-order valence-corrected chi connectivity index (χ1v) is 6.83. The van der Waals surface area contributed by atoms with Gasteiger partial charge in [-0.3, -0.25) is 0 Å². The average molecular weight is 262 g/mol. The van der Waals surface area contributed by atoms with E-state index in [1.165, 1.54) is 19.3 Å². The standard InChI is InChI=1S/C15H22N2O2/c1-15(8-5-9-15)11-16-14(19)17-13(10-18)12-6-3-2-4-7-12/h2-4,6-7,13,18H,5,8-11H2,1H3,(H2,16,17,19). The molecule has 0 radical (unpaired) electrons. The smallest absolute Gasteiger partial charge is 0.315 e. The molecule has 1 aromatic rings. The third kappa shape index (κ3) is 3.70. The molecule has 0 saturated heterocycles. The summed E-state index contributed by atoms with van der Waals surface area (Å²) in [5.41, 5.74) is 1.17. The Balaban J connectivity index is 1.83. The van der Waals surface area contributed by atoms with Gasteiger partial charge >= 0.3 is 6.03 Å². The van der Waals surface area contributed by atoms with Crippen LogP contribution in [0.5, 0.6) is 0 Å². The molecule has 0 heterocycles. The van der Waals surface area contributed by atoms with E-state index in [2.05, 4.69) is 17.6 Å². The number of amides is 2. The largest absolute Gasteiger partial charge is 0.394 e. The number of hydrogen-bond donors (Lipinski definition) is 3. The minimum absolute atomic E-state index is 0.102. The first-order chi connectivity index (χ1) is 9.13. The highest BCUT2D eigenvalue weighted by atomic mass is 16.3. The Morgan fingerprint density at radius 2 is 2.05 bits per heavy atom. The molecule has 1 aromatic carbocycles. The molecule has 1 atom stereocenters. The van der Waals surface area contributed by atoms with E-state index in [4.69, 9.17) is 0 Å². The van der Waals surface area contributed by atoms with Crippen molar-refractivity contribution in [3.05, 3.63) is 35.9 Å². The second-order valence-electron chi connectivity index (χ2n) is 5.64. The van der Waals surface area contributed by atoms with E-state index in [0.29, 0.717) is 6.54 Å². The number of carbonyl (C=O) groups is 1. The van der Waals surface area contributed by atoms with Crippen molar-refractivity contribution < 1.29 is 9.90 Å². The van der Waals surface area contributed by atoms with Gasteiger partial charge in [0.15, 0.2) is 0 Å². The number of nitrogens with one attached hydrogen (secondary N) is 2. The Hall–Kier alpha value is -1.55. The van der Waals surface area contributed by atoms with Crippen molar-refractivity contribution in [3.63, 3.8) is 0 Å². The molecule has 1 saturated carbocycles. The van der Waals surface area contributed by atoms with Gasteiger partial charge in [0.25, 0.3) is 0 Å². The second-order valence-corrected chi connectivity index (χ2v) is 5.64. The zero-order valence-corrected chi connectivity index (χ0v) is 11.4. The highest BCUT2D eigenvalue weighted by Crippen LogP contribution is 2.39. The summed E-state index contributed by atoms with van der Waals surface area (Å²) in [5.74, 6) is 0. The maximum atomic E-state index is 11.8. The molecule has 3 N–H and O–H groups in total. The Morgan fingerprint density at radius 1 is 1.37 bits per heavy atom. The van der Waals surface area contributed by atoms with Crippen molar-refractivity contribution in [1.82, 2.24) is 10.6 Å². The van der Waals surface area contributed by atoms with Crippen LogP contribution in [0.4, 0.5) is 4.79 Å². The minimum Gasteiger partial charge on any atom is -0.394 e. The first kappa shape index (κ1) is 13.9. The number of aliphatic hydroxyl groups is 1. The van der Waals surface area contributed by atoms with Gasteiger partial charge in [0.05, 0.1) is 12.6 Å². The summed E-state index contributed by atoms with van der Waals surface area (Å²) in [6, 6.07) is 8.93. The van der Waals surface area contributed by atoms with E-state index in [0.717, 1.165) is 5.56 Å². The molecular weight excluding hydrogens is 240 g/mol. The van der Waals surface area contributed by atoms with E-state index in [-0.39, 0.29) is 24.1 Å². The molecule has 2 rings (SSSR count). The zero-order valence-electron chi connectivity index (χ0n) is 11.4. The van der Waals surface area contributed by atoms with Crippen LogP contribution in [0.3, 0.4) is 0 Å². The lowest BCUT2D eigenvalue weighted by Crippen LogP contribution is -2.45. The van der Waals surface area contributed by atoms with E-state index in [1.807, 2.05) is 30.3 Å². The summed E-state index contributed by atoms with van der Waals surface area (Å²) < 4.78 is 0. The SMILES string of the molecule is CC1(CNC(=O)NC(CO)c2ccccc2)CCC1. The predicted molar refractivity (Wildman–Crippen MR) is 74.8 cm³/mol. The van der Waals surface area contributed by atoms with Gasteiger partial charge < -0.3 is 15.7 Å². The van der Waals surface area contributed by atoms with Gasteiger partial charge in [-0.2, -0.15) is 0 Å². The number of hydrogen-bond acceptors (Lipinski definition) is 2. The number of carbonyl (C=O) groups excluding carboxylic acids is 1. The normalized spacial score (nSPS) is 18.2. The zero-order chi connectivity index (χ0) is 13.7. The molecule has 19 heavy (non-hydrogen) atoms. The summed E-state index contributed by atoms with van der Waals surface area (Å²) >= 11 is 0. The van der Waals surface area contributed by atoms with Crippen molar-refractivity contribution in [1.29, 1.82) is 0 Å². The third-order valence-electron chi connectivity index (χ3n) is 3.93. The van der Waals surface area contributed by atoms with Gasteiger partial charge in [-0.05, 0) is 23.8 Å². The van der Waals surface area contributed by atoms with E-state index < -0.39 is 0 Å². The molecule has 104 valence electrons. The number of benzene rings is 1. The fourth-order valence-electron chi connectivity index (χ4n) is 2.38. The van der Waals surface area contributed by atoms with Crippen LogP contribution in [0, 0.1) is 5.41 Å². The molecule has 0 aliphatic heterocycles.